The molecule has 1 amide bonds. The Kier molecular flexibility index (Phi) is 5.67. The minimum Gasteiger partial charge on any atom is -0.348 e. The molecule has 0 saturated heterocycles. The summed E-state index contributed by atoms with van der Waals surface area (Å²) in [4.78, 5) is 14.1. The van der Waals surface area contributed by atoms with E-state index in [2.05, 4.69) is 11.4 Å². The number of nitrogens with one attached hydrogen (secondary N) is 1. The number of amides is 1. The van der Waals surface area contributed by atoms with Crippen LogP contribution in [0.1, 0.15) is 21.5 Å². The molecule has 0 unspecified atom stereocenters. The minimum absolute atomic E-state index is 0.240. The van der Waals surface area contributed by atoms with E-state index >= 15 is 0 Å². The molecule has 0 aliphatic carbocycles. The predicted octanol–water partition coefficient (Wildman–Crippen LogP) is 4.78. The van der Waals surface area contributed by atoms with Crippen molar-refractivity contribution in [1.29, 1.82) is 5.26 Å². The standard InChI is InChI=1S/C21H15FN2OS/c22-17-8-5-6-15(12-17)14-24-21(25)18-9-2-4-11-20(18)26-19-10-3-1-7-16(19)13-23/h1-12H,14H2,(H,24,25). The van der Waals surface area contributed by atoms with E-state index in [1.54, 1.807) is 36.4 Å². The number of hydrogen-bond acceptors (Lipinski definition) is 3. The van der Waals surface area contributed by atoms with E-state index in [9.17, 15) is 14.4 Å². The lowest BCUT2D eigenvalue weighted by Crippen LogP contribution is -2.23. The topological polar surface area (TPSA) is 52.9 Å². The summed E-state index contributed by atoms with van der Waals surface area (Å²) in [6.07, 6.45) is 0. The van der Waals surface area contributed by atoms with Crippen molar-refractivity contribution in [2.24, 2.45) is 0 Å². The molecule has 0 radical (unpaired) electrons. The normalized spacial score (nSPS) is 10.2. The molecule has 26 heavy (non-hydrogen) atoms. The van der Waals surface area contributed by atoms with E-state index in [1.165, 1.54) is 23.9 Å². The molecule has 0 saturated carbocycles. The number of hydrogen-bond donors (Lipinski definition) is 1. The summed E-state index contributed by atoms with van der Waals surface area (Å²) in [5, 5.41) is 12.0. The molecule has 0 bridgehead atoms. The highest BCUT2D eigenvalue weighted by molar-refractivity contribution is 7.99. The van der Waals surface area contributed by atoms with Crippen molar-refractivity contribution < 1.29 is 9.18 Å². The predicted molar refractivity (Wildman–Crippen MR) is 99.3 cm³/mol. The summed E-state index contributed by atoms with van der Waals surface area (Å²) in [6, 6.07) is 22.8. The second kappa shape index (κ2) is 8.32. The second-order valence-corrected chi connectivity index (χ2v) is 6.60. The van der Waals surface area contributed by atoms with Crippen molar-refractivity contribution in [2.75, 3.05) is 0 Å². The highest BCUT2D eigenvalue weighted by atomic mass is 32.2. The Bertz CT molecular complexity index is 981. The van der Waals surface area contributed by atoms with Crippen LogP contribution in [0, 0.1) is 17.1 Å². The summed E-state index contributed by atoms with van der Waals surface area (Å²) >= 11 is 1.37. The zero-order valence-electron chi connectivity index (χ0n) is 13.8. The summed E-state index contributed by atoms with van der Waals surface area (Å²) < 4.78 is 13.2. The molecule has 3 rings (SSSR count). The Hall–Kier alpha value is -3.10. The fourth-order valence-electron chi connectivity index (χ4n) is 2.43. The van der Waals surface area contributed by atoms with Gasteiger partial charge in [-0.3, -0.25) is 4.79 Å². The van der Waals surface area contributed by atoms with Crippen molar-refractivity contribution in [3.8, 4) is 6.07 Å². The molecular weight excluding hydrogens is 347 g/mol. The lowest BCUT2D eigenvalue weighted by atomic mass is 10.2. The molecule has 0 aromatic heterocycles. The molecule has 5 heteroatoms. The molecule has 3 aromatic carbocycles. The van der Waals surface area contributed by atoms with Crippen molar-refractivity contribution in [3.05, 3.63) is 95.3 Å². The molecule has 0 aliphatic rings. The second-order valence-electron chi connectivity index (χ2n) is 5.52. The van der Waals surface area contributed by atoms with Gasteiger partial charge >= 0.3 is 0 Å². The molecule has 0 atom stereocenters. The number of carbonyl (C=O) groups excluding carboxylic acids is 1. The quantitative estimate of drug-likeness (QED) is 0.711. The molecule has 128 valence electrons. The van der Waals surface area contributed by atoms with Crippen molar-refractivity contribution >= 4 is 17.7 Å². The molecule has 3 aromatic rings. The van der Waals surface area contributed by atoms with Crippen molar-refractivity contribution in [3.63, 3.8) is 0 Å². The molecule has 0 fully saturated rings. The van der Waals surface area contributed by atoms with Gasteiger partial charge in [-0.2, -0.15) is 5.26 Å². The van der Waals surface area contributed by atoms with Gasteiger partial charge in [-0.05, 0) is 42.0 Å². The van der Waals surface area contributed by atoms with Gasteiger partial charge in [0.15, 0.2) is 0 Å². The fraction of sp³-hybridized carbons (Fsp3) is 0.0476. The Labute approximate surface area is 155 Å². The monoisotopic (exact) mass is 362 g/mol. The largest absolute Gasteiger partial charge is 0.348 e. The number of rotatable bonds is 5. The Morgan fingerprint density at radius 1 is 1.00 bits per heavy atom. The van der Waals surface area contributed by atoms with Gasteiger partial charge in [0.25, 0.3) is 5.91 Å². The van der Waals surface area contributed by atoms with Crippen molar-refractivity contribution in [1.82, 2.24) is 5.32 Å². The van der Waals surface area contributed by atoms with Crippen LogP contribution in [0.15, 0.2) is 82.6 Å². The Morgan fingerprint density at radius 2 is 1.73 bits per heavy atom. The summed E-state index contributed by atoms with van der Waals surface area (Å²) in [5.41, 5.74) is 1.77. The number of halogens is 1. The van der Waals surface area contributed by atoms with Crippen LogP contribution >= 0.6 is 11.8 Å². The maximum atomic E-state index is 13.2. The first-order valence-electron chi connectivity index (χ1n) is 7.96. The molecule has 0 aliphatic heterocycles. The van der Waals surface area contributed by atoms with E-state index in [0.29, 0.717) is 16.7 Å². The smallest absolute Gasteiger partial charge is 0.252 e. The van der Waals surface area contributed by atoms with E-state index in [4.69, 9.17) is 0 Å². The minimum atomic E-state index is -0.333. The van der Waals surface area contributed by atoms with Gasteiger partial charge in [-0.15, -0.1) is 0 Å². The van der Waals surface area contributed by atoms with Crippen LogP contribution < -0.4 is 5.32 Å². The number of nitrogens with zero attached hydrogens (tertiary/aromatic N) is 1. The average molecular weight is 362 g/mol. The van der Waals surface area contributed by atoms with Crippen LogP contribution in [0.25, 0.3) is 0 Å². The fourth-order valence-corrected chi connectivity index (χ4v) is 3.46. The molecule has 3 nitrogen and oxygen atoms in total. The average Bonchev–Trinajstić information content (AvgIpc) is 2.67. The molecule has 1 N–H and O–H groups in total. The first-order valence-corrected chi connectivity index (χ1v) is 8.77. The molecule has 0 spiro atoms. The van der Waals surface area contributed by atoms with Crippen LogP contribution in [0.2, 0.25) is 0 Å². The van der Waals surface area contributed by atoms with Gasteiger partial charge in [0.2, 0.25) is 0 Å². The highest BCUT2D eigenvalue weighted by Crippen LogP contribution is 2.32. The number of nitriles is 1. The maximum absolute atomic E-state index is 13.2. The van der Waals surface area contributed by atoms with E-state index in [1.807, 2.05) is 24.3 Å². The summed E-state index contributed by atoms with van der Waals surface area (Å²) in [5.74, 6) is -0.576. The Balaban J connectivity index is 1.78. The number of benzene rings is 3. The van der Waals surface area contributed by atoms with Gasteiger partial charge in [0.05, 0.1) is 11.1 Å². The van der Waals surface area contributed by atoms with Crippen LogP contribution in [0.4, 0.5) is 4.39 Å². The van der Waals surface area contributed by atoms with Gasteiger partial charge in [-0.25, -0.2) is 4.39 Å². The molecular formula is C21H15FN2OS. The SMILES string of the molecule is N#Cc1ccccc1Sc1ccccc1C(=O)NCc1cccc(F)c1. The third kappa shape index (κ3) is 4.29. The zero-order valence-corrected chi connectivity index (χ0v) is 14.6. The van der Waals surface area contributed by atoms with E-state index in [0.717, 1.165) is 9.79 Å². The highest BCUT2D eigenvalue weighted by Gasteiger charge is 2.13. The van der Waals surface area contributed by atoms with Crippen LogP contribution in [-0.4, -0.2) is 5.91 Å². The van der Waals surface area contributed by atoms with Gasteiger partial charge in [0.1, 0.15) is 11.9 Å². The maximum Gasteiger partial charge on any atom is 0.252 e. The molecule has 0 heterocycles. The van der Waals surface area contributed by atoms with Gasteiger partial charge in [0, 0.05) is 16.3 Å². The summed E-state index contributed by atoms with van der Waals surface area (Å²) in [6.45, 7) is 0.240. The first-order chi connectivity index (χ1) is 12.7. The first kappa shape index (κ1) is 17.7. The summed E-state index contributed by atoms with van der Waals surface area (Å²) in [7, 11) is 0. The number of carbonyl (C=O) groups is 1. The van der Waals surface area contributed by atoms with Crippen LogP contribution in [-0.2, 0) is 6.54 Å². The zero-order chi connectivity index (χ0) is 18.4. The van der Waals surface area contributed by atoms with Crippen LogP contribution in [0.3, 0.4) is 0 Å². The third-order valence-electron chi connectivity index (χ3n) is 3.70. The van der Waals surface area contributed by atoms with Crippen LogP contribution in [0.5, 0.6) is 0 Å². The van der Waals surface area contributed by atoms with E-state index in [-0.39, 0.29) is 18.3 Å². The third-order valence-corrected chi connectivity index (χ3v) is 4.85. The lowest BCUT2D eigenvalue weighted by molar-refractivity contribution is 0.0948. The Morgan fingerprint density at radius 3 is 2.50 bits per heavy atom. The van der Waals surface area contributed by atoms with Gasteiger partial charge < -0.3 is 5.32 Å². The van der Waals surface area contributed by atoms with E-state index < -0.39 is 0 Å². The van der Waals surface area contributed by atoms with Gasteiger partial charge in [-0.1, -0.05) is 48.2 Å². The van der Waals surface area contributed by atoms with Crippen molar-refractivity contribution in [2.45, 2.75) is 16.3 Å². The lowest BCUT2D eigenvalue weighted by Gasteiger charge is -2.11.